The first-order valence-corrected chi connectivity index (χ1v) is 8.37. The van der Waals surface area contributed by atoms with Gasteiger partial charge in [0.25, 0.3) is 0 Å². The normalized spacial score (nSPS) is 17.0. The molecule has 1 heterocycles. The number of carbonyl (C=O) groups excluding carboxylic acids is 1. The third-order valence-electron chi connectivity index (χ3n) is 4.77. The van der Waals surface area contributed by atoms with Gasteiger partial charge in [-0.05, 0) is 67.6 Å². The van der Waals surface area contributed by atoms with E-state index in [4.69, 9.17) is 4.74 Å². The van der Waals surface area contributed by atoms with E-state index in [1.807, 2.05) is 47.4 Å². The molecule has 1 atom stereocenters. The molecule has 0 unspecified atom stereocenters. The highest BCUT2D eigenvalue weighted by Gasteiger charge is 2.30. The predicted octanol–water partition coefficient (Wildman–Crippen LogP) is 4.68. The Hall–Kier alpha value is -2.49. The number of anilines is 1. The number of amides is 2. The summed E-state index contributed by atoms with van der Waals surface area (Å²) in [6, 6.07) is 14.1. The average molecular weight is 324 g/mol. The maximum atomic E-state index is 12.7. The SMILES string of the molecule is COc1ccc([C@H]2CCCN2C(=O)Nc2ccc(C)c(C)c2)cc1. The Kier molecular flexibility index (Phi) is 4.74. The minimum absolute atomic E-state index is 0.0310. The molecule has 0 bridgehead atoms. The predicted molar refractivity (Wildman–Crippen MR) is 96.6 cm³/mol. The zero-order chi connectivity index (χ0) is 17.1. The highest BCUT2D eigenvalue weighted by Crippen LogP contribution is 2.33. The Morgan fingerprint density at radius 1 is 1.12 bits per heavy atom. The zero-order valence-corrected chi connectivity index (χ0v) is 14.5. The number of nitrogens with one attached hydrogen (secondary N) is 1. The number of urea groups is 1. The lowest BCUT2D eigenvalue weighted by Gasteiger charge is -2.25. The van der Waals surface area contributed by atoms with Crippen LogP contribution in [0.15, 0.2) is 42.5 Å². The van der Waals surface area contributed by atoms with E-state index < -0.39 is 0 Å². The third kappa shape index (κ3) is 3.37. The van der Waals surface area contributed by atoms with Crippen molar-refractivity contribution >= 4 is 11.7 Å². The smallest absolute Gasteiger partial charge is 0.322 e. The number of aryl methyl sites for hydroxylation is 2. The summed E-state index contributed by atoms with van der Waals surface area (Å²) >= 11 is 0. The summed E-state index contributed by atoms with van der Waals surface area (Å²) in [6.45, 7) is 4.91. The molecule has 2 aromatic rings. The van der Waals surface area contributed by atoms with Crippen molar-refractivity contribution in [2.45, 2.75) is 32.7 Å². The lowest BCUT2D eigenvalue weighted by atomic mass is 10.0. The van der Waals surface area contributed by atoms with Gasteiger partial charge in [-0.15, -0.1) is 0 Å². The number of rotatable bonds is 3. The van der Waals surface area contributed by atoms with Gasteiger partial charge in [0, 0.05) is 12.2 Å². The van der Waals surface area contributed by atoms with Crippen molar-refractivity contribution in [3.05, 3.63) is 59.2 Å². The van der Waals surface area contributed by atoms with Gasteiger partial charge in [0.1, 0.15) is 5.75 Å². The highest BCUT2D eigenvalue weighted by atomic mass is 16.5. The molecule has 1 fully saturated rings. The first kappa shape index (κ1) is 16.4. The van der Waals surface area contributed by atoms with Crippen molar-refractivity contribution in [3.8, 4) is 5.75 Å². The van der Waals surface area contributed by atoms with Crippen LogP contribution >= 0.6 is 0 Å². The van der Waals surface area contributed by atoms with E-state index in [-0.39, 0.29) is 12.1 Å². The molecule has 1 aliphatic heterocycles. The number of nitrogens with zero attached hydrogens (tertiary/aromatic N) is 1. The lowest BCUT2D eigenvalue weighted by molar-refractivity contribution is 0.207. The molecule has 1 N–H and O–H groups in total. The van der Waals surface area contributed by atoms with Gasteiger partial charge in [-0.3, -0.25) is 0 Å². The van der Waals surface area contributed by atoms with E-state index >= 15 is 0 Å². The van der Waals surface area contributed by atoms with Gasteiger partial charge in [0.05, 0.1) is 13.2 Å². The van der Waals surface area contributed by atoms with E-state index in [0.29, 0.717) is 0 Å². The van der Waals surface area contributed by atoms with Crippen LogP contribution in [0.4, 0.5) is 10.5 Å². The molecule has 0 radical (unpaired) electrons. The Balaban J connectivity index is 1.74. The Morgan fingerprint density at radius 3 is 2.54 bits per heavy atom. The summed E-state index contributed by atoms with van der Waals surface area (Å²) in [5.74, 6) is 0.836. The van der Waals surface area contributed by atoms with Crippen LogP contribution in [0.25, 0.3) is 0 Å². The maximum absolute atomic E-state index is 12.7. The van der Waals surface area contributed by atoms with Crippen molar-refractivity contribution in [2.24, 2.45) is 0 Å². The second-order valence-electron chi connectivity index (χ2n) is 6.35. The maximum Gasteiger partial charge on any atom is 0.322 e. The fraction of sp³-hybridized carbons (Fsp3) is 0.350. The minimum Gasteiger partial charge on any atom is -0.497 e. The second kappa shape index (κ2) is 6.95. The molecule has 4 nitrogen and oxygen atoms in total. The molecule has 2 aromatic carbocycles. The van der Waals surface area contributed by atoms with Crippen LogP contribution in [0.5, 0.6) is 5.75 Å². The standard InChI is InChI=1S/C20H24N2O2/c1-14-6-9-17(13-15(14)2)21-20(23)22-12-4-5-19(22)16-7-10-18(24-3)11-8-16/h6-11,13,19H,4-5,12H2,1-3H3,(H,21,23)/t19-/m1/s1. The number of ether oxygens (including phenoxy) is 1. The molecule has 0 aromatic heterocycles. The summed E-state index contributed by atoms with van der Waals surface area (Å²) in [5.41, 5.74) is 4.42. The van der Waals surface area contributed by atoms with Gasteiger partial charge in [0.15, 0.2) is 0 Å². The summed E-state index contributed by atoms with van der Waals surface area (Å²) in [4.78, 5) is 14.6. The molecule has 126 valence electrons. The van der Waals surface area contributed by atoms with Crippen molar-refractivity contribution in [1.82, 2.24) is 4.90 Å². The van der Waals surface area contributed by atoms with E-state index in [1.165, 1.54) is 11.1 Å². The van der Waals surface area contributed by atoms with Crippen molar-refractivity contribution in [1.29, 1.82) is 0 Å². The van der Waals surface area contributed by atoms with Gasteiger partial charge < -0.3 is 15.0 Å². The number of benzene rings is 2. The molecule has 0 aliphatic carbocycles. The minimum atomic E-state index is -0.0310. The number of hydrogen-bond donors (Lipinski definition) is 1. The van der Waals surface area contributed by atoms with Crippen LogP contribution in [0.3, 0.4) is 0 Å². The van der Waals surface area contributed by atoms with E-state index in [9.17, 15) is 4.79 Å². The van der Waals surface area contributed by atoms with E-state index in [0.717, 1.165) is 36.4 Å². The summed E-state index contributed by atoms with van der Waals surface area (Å²) in [5, 5.41) is 3.04. The number of carbonyl (C=O) groups is 1. The molecule has 0 saturated carbocycles. The van der Waals surface area contributed by atoms with Crippen LogP contribution in [0.2, 0.25) is 0 Å². The Morgan fingerprint density at radius 2 is 1.88 bits per heavy atom. The first-order chi connectivity index (χ1) is 11.6. The van der Waals surface area contributed by atoms with Crippen LogP contribution in [0, 0.1) is 13.8 Å². The largest absolute Gasteiger partial charge is 0.497 e. The zero-order valence-electron chi connectivity index (χ0n) is 14.5. The van der Waals surface area contributed by atoms with Gasteiger partial charge >= 0.3 is 6.03 Å². The van der Waals surface area contributed by atoms with Crippen LogP contribution in [-0.4, -0.2) is 24.6 Å². The van der Waals surface area contributed by atoms with Gasteiger partial charge in [-0.25, -0.2) is 4.79 Å². The monoisotopic (exact) mass is 324 g/mol. The third-order valence-corrected chi connectivity index (χ3v) is 4.77. The van der Waals surface area contributed by atoms with Gasteiger partial charge in [-0.2, -0.15) is 0 Å². The highest BCUT2D eigenvalue weighted by molar-refractivity contribution is 5.90. The molecule has 1 saturated heterocycles. The van der Waals surface area contributed by atoms with E-state index in [2.05, 4.69) is 19.2 Å². The lowest BCUT2D eigenvalue weighted by Crippen LogP contribution is -2.34. The molecule has 1 aliphatic rings. The molecule has 3 rings (SSSR count). The molecular formula is C20H24N2O2. The number of methoxy groups -OCH3 is 1. The Labute approximate surface area is 143 Å². The van der Waals surface area contributed by atoms with Crippen LogP contribution in [-0.2, 0) is 0 Å². The molecule has 4 heteroatoms. The second-order valence-corrected chi connectivity index (χ2v) is 6.35. The van der Waals surface area contributed by atoms with E-state index in [1.54, 1.807) is 7.11 Å². The average Bonchev–Trinajstić information content (AvgIpc) is 3.08. The summed E-state index contributed by atoms with van der Waals surface area (Å²) in [6.07, 6.45) is 2.02. The fourth-order valence-corrected chi connectivity index (χ4v) is 3.20. The summed E-state index contributed by atoms with van der Waals surface area (Å²) in [7, 11) is 1.66. The quantitative estimate of drug-likeness (QED) is 0.890. The molecule has 2 amide bonds. The molecule has 0 spiro atoms. The van der Waals surface area contributed by atoms with Crippen LogP contribution in [0.1, 0.15) is 35.6 Å². The fourth-order valence-electron chi connectivity index (χ4n) is 3.20. The van der Waals surface area contributed by atoms with Gasteiger partial charge in [0.2, 0.25) is 0 Å². The molecule has 24 heavy (non-hydrogen) atoms. The number of hydrogen-bond acceptors (Lipinski definition) is 2. The van der Waals surface area contributed by atoms with Gasteiger partial charge in [-0.1, -0.05) is 18.2 Å². The topological polar surface area (TPSA) is 41.6 Å². The van der Waals surface area contributed by atoms with Crippen molar-refractivity contribution < 1.29 is 9.53 Å². The number of likely N-dealkylation sites (tertiary alicyclic amines) is 1. The summed E-state index contributed by atoms with van der Waals surface area (Å²) < 4.78 is 5.21. The van der Waals surface area contributed by atoms with Crippen molar-refractivity contribution in [3.63, 3.8) is 0 Å². The molecular weight excluding hydrogens is 300 g/mol. The first-order valence-electron chi connectivity index (χ1n) is 8.37. The van der Waals surface area contributed by atoms with Crippen LogP contribution < -0.4 is 10.1 Å². The Bertz CT molecular complexity index is 725. The van der Waals surface area contributed by atoms with Crippen molar-refractivity contribution in [2.75, 3.05) is 19.0 Å².